The number of hydrogen-bond donors (Lipinski definition) is 3. The van der Waals surface area contributed by atoms with Crippen LogP contribution in [0.3, 0.4) is 0 Å². The molecule has 0 atom stereocenters. The number of nitrogens with zero attached hydrogens (tertiary/aromatic N) is 4. The molecule has 0 saturated heterocycles. The molecule has 0 bridgehead atoms. The molecule has 11 heteroatoms. The molecule has 2 aromatic carbocycles. The van der Waals surface area contributed by atoms with Gasteiger partial charge in [-0.1, -0.05) is 18.2 Å². The van der Waals surface area contributed by atoms with Crippen molar-refractivity contribution in [3.63, 3.8) is 0 Å². The van der Waals surface area contributed by atoms with Crippen LogP contribution < -0.4 is 10.0 Å². The van der Waals surface area contributed by atoms with Crippen molar-refractivity contribution in [1.29, 1.82) is 5.26 Å². The standard InChI is InChI=1S/C26H21N7O3S/c1-17-4-9-22(25-24(17)19(13-27)15-29-25)32-37(35,36)21-7-5-18(6-8-21)14-30-26(34)23-10-12-31-33(23)20-3-2-11-28-16-20/h2-12,15-16,29,32H,14H2,1H3,(H,30,34). The van der Waals surface area contributed by atoms with E-state index in [1.54, 1.807) is 61.1 Å². The van der Waals surface area contributed by atoms with Crippen LogP contribution in [0.5, 0.6) is 0 Å². The first-order valence-electron chi connectivity index (χ1n) is 11.2. The number of sulfonamides is 1. The van der Waals surface area contributed by atoms with E-state index >= 15 is 0 Å². The number of pyridine rings is 1. The Labute approximate surface area is 212 Å². The second-order valence-electron chi connectivity index (χ2n) is 8.27. The summed E-state index contributed by atoms with van der Waals surface area (Å²) in [6.45, 7) is 2.06. The van der Waals surface area contributed by atoms with Gasteiger partial charge in [-0.25, -0.2) is 13.1 Å². The van der Waals surface area contributed by atoms with E-state index in [9.17, 15) is 18.5 Å². The first-order chi connectivity index (χ1) is 17.9. The van der Waals surface area contributed by atoms with E-state index in [4.69, 9.17) is 0 Å². The van der Waals surface area contributed by atoms with Gasteiger partial charge in [0, 0.05) is 24.3 Å². The number of anilines is 1. The molecule has 3 aromatic heterocycles. The Morgan fingerprint density at radius 2 is 1.92 bits per heavy atom. The minimum absolute atomic E-state index is 0.0676. The number of carbonyl (C=O) groups excluding carboxylic acids is 1. The smallest absolute Gasteiger partial charge is 0.270 e. The summed E-state index contributed by atoms with van der Waals surface area (Å²) in [6, 6.07) is 16.9. The van der Waals surface area contributed by atoms with Crippen LogP contribution in [0.15, 0.2) is 84.3 Å². The van der Waals surface area contributed by atoms with Gasteiger partial charge >= 0.3 is 0 Å². The van der Waals surface area contributed by atoms with Crippen molar-refractivity contribution in [3.8, 4) is 11.8 Å². The molecule has 10 nitrogen and oxygen atoms in total. The van der Waals surface area contributed by atoms with Gasteiger partial charge in [0.15, 0.2) is 0 Å². The van der Waals surface area contributed by atoms with Crippen LogP contribution in [0.2, 0.25) is 0 Å². The fourth-order valence-corrected chi connectivity index (χ4v) is 5.09. The molecule has 5 aromatic rings. The van der Waals surface area contributed by atoms with Crippen LogP contribution in [0, 0.1) is 18.3 Å². The van der Waals surface area contributed by atoms with Gasteiger partial charge in [0.1, 0.15) is 11.8 Å². The van der Waals surface area contributed by atoms with Crippen molar-refractivity contribution < 1.29 is 13.2 Å². The highest BCUT2D eigenvalue weighted by atomic mass is 32.2. The number of amides is 1. The van der Waals surface area contributed by atoms with Crippen LogP contribution in [-0.4, -0.2) is 34.1 Å². The number of benzene rings is 2. The van der Waals surface area contributed by atoms with Gasteiger partial charge in [0.05, 0.1) is 39.7 Å². The number of nitriles is 1. The average Bonchev–Trinajstić information content (AvgIpc) is 3.58. The summed E-state index contributed by atoms with van der Waals surface area (Å²) in [6.07, 6.45) is 6.34. The number of nitrogens with one attached hydrogen (secondary N) is 3. The molecule has 0 aliphatic heterocycles. The van der Waals surface area contributed by atoms with Crippen molar-refractivity contribution in [1.82, 2.24) is 25.1 Å². The Bertz CT molecular complexity index is 1750. The van der Waals surface area contributed by atoms with E-state index in [-0.39, 0.29) is 17.3 Å². The number of rotatable bonds is 7. The highest BCUT2D eigenvalue weighted by molar-refractivity contribution is 7.92. The molecule has 0 saturated carbocycles. The normalized spacial score (nSPS) is 11.2. The van der Waals surface area contributed by atoms with Gasteiger partial charge in [-0.2, -0.15) is 10.4 Å². The van der Waals surface area contributed by atoms with E-state index in [0.29, 0.717) is 33.5 Å². The fourth-order valence-electron chi connectivity index (χ4n) is 4.02. The lowest BCUT2D eigenvalue weighted by Gasteiger charge is -2.11. The maximum absolute atomic E-state index is 13.0. The lowest BCUT2D eigenvalue weighted by atomic mass is 10.1. The summed E-state index contributed by atoms with van der Waals surface area (Å²) in [7, 11) is -3.89. The number of aryl methyl sites for hydroxylation is 1. The molecule has 184 valence electrons. The van der Waals surface area contributed by atoms with Crippen LogP contribution in [0.4, 0.5) is 5.69 Å². The van der Waals surface area contributed by atoms with E-state index < -0.39 is 10.0 Å². The molecule has 0 unspecified atom stereocenters. The third-order valence-electron chi connectivity index (χ3n) is 5.86. The molecular weight excluding hydrogens is 490 g/mol. The number of aromatic amines is 1. The third kappa shape index (κ3) is 4.65. The number of H-pyrrole nitrogens is 1. The summed E-state index contributed by atoms with van der Waals surface area (Å²) >= 11 is 0. The predicted octanol–water partition coefficient (Wildman–Crippen LogP) is 3.66. The minimum Gasteiger partial charge on any atom is -0.358 e. The lowest BCUT2D eigenvalue weighted by molar-refractivity contribution is 0.0943. The largest absolute Gasteiger partial charge is 0.358 e. The zero-order valence-corrected chi connectivity index (χ0v) is 20.5. The van der Waals surface area contributed by atoms with Gasteiger partial charge in [-0.3, -0.25) is 14.5 Å². The maximum atomic E-state index is 13.0. The molecular formula is C26H21N7O3S. The summed E-state index contributed by atoms with van der Waals surface area (Å²) in [5.41, 5.74) is 3.95. The predicted molar refractivity (Wildman–Crippen MR) is 138 cm³/mol. The molecule has 0 radical (unpaired) electrons. The molecule has 1 amide bonds. The zero-order chi connectivity index (χ0) is 26.0. The molecule has 0 aliphatic carbocycles. The van der Waals surface area contributed by atoms with E-state index in [1.807, 2.05) is 6.92 Å². The first-order valence-corrected chi connectivity index (χ1v) is 12.7. The highest BCUT2D eigenvalue weighted by Gasteiger charge is 2.18. The fraction of sp³-hybridized carbons (Fsp3) is 0.0769. The van der Waals surface area contributed by atoms with Crippen molar-refractivity contribution >= 4 is 32.5 Å². The van der Waals surface area contributed by atoms with Crippen molar-refractivity contribution in [2.75, 3.05) is 4.72 Å². The van der Waals surface area contributed by atoms with Crippen molar-refractivity contribution in [2.45, 2.75) is 18.4 Å². The number of aromatic nitrogens is 4. The van der Waals surface area contributed by atoms with Crippen LogP contribution in [0.25, 0.3) is 16.6 Å². The lowest BCUT2D eigenvalue weighted by Crippen LogP contribution is -2.25. The SMILES string of the molecule is Cc1ccc(NS(=O)(=O)c2ccc(CNC(=O)c3ccnn3-c3cccnc3)cc2)c2[nH]cc(C#N)c12. The number of fused-ring (bicyclic) bond motifs is 1. The maximum Gasteiger partial charge on any atom is 0.270 e. The molecule has 5 rings (SSSR count). The number of carbonyl (C=O) groups is 1. The summed E-state index contributed by atoms with van der Waals surface area (Å²) < 4.78 is 30.2. The molecule has 3 heterocycles. The Morgan fingerprint density at radius 1 is 1.11 bits per heavy atom. The van der Waals surface area contributed by atoms with Crippen molar-refractivity contribution in [3.05, 3.63) is 102 Å². The van der Waals surface area contributed by atoms with Crippen LogP contribution in [0.1, 0.15) is 27.2 Å². The highest BCUT2D eigenvalue weighted by Crippen LogP contribution is 2.30. The average molecular weight is 512 g/mol. The Morgan fingerprint density at radius 3 is 2.65 bits per heavy atom. The third-order valence-corrected chi connectivity index (χ3v) is 7.24. The Kier molecular flexibility index (Phi) is 6.17. The van der Waals surface area contributed by atoms with E-state index in [0.717, 1.165) is 11.1 Å². The van der Waals surface area contributed by atoms with E-state index in [2.05, 4.69) is 31.2 Å². The molecule has 3 N–H and O–H groups in total. The molecule has 0 aliphatic rings. The molecule has 0 fully saturated rings. The van der Waals surface area contributed by atoms with Gasteiger partial charge < -0.3 is 10.3 Å². The van der Waals surface area contributed by atoms with Crippen LogP contribution >= 0.6 is 0 Å². The van der Waals surface area contributed by atoms with Gasteiger partial charge in [0.25, 0.3) is 15.9 Å². The number of hydrogen-bond acceptors (Lipinski definition) is 6. The summed E-state index contributed by atoms with van der Waals surface area (Å²) in [5.74, 6) is -0.328. The Hall–Kier alpha value is -4.95. The molecule has 37 heavy (non-hydrogen) atoms. The monoisotopic (exact) mass is 511 g/mol. The first kappa shape index (κ1) is 23.8. The summed E-state index contributed by atoms with van der Waals surface area (Å²) in [4.78, 5) is 19.8. The minimum atomic E-state index is -3.89. The topological polar surface area (TPSA) is 146 Å². The molecule has 0 spiro atoms. The second kappa shape index (κ2) is 9.60. The van der Waals surface area contributed by atoms with Gasteiger partial charge in [-0.05, 0) is 54.4 Å². The zero-order valence-electron chi connectivity index (χ0n) is 19.6. The quantitative estimate of drug-likeness (QED) is 0.304. The van der Waals surface area contributed by atoms with Gasteiger partial charge in [-0.15, -0.1) is 0 Å². The van der Waals surface area contributed by atoms with Crippen molar-refractivity contribution in [2.24, 2.45) is 0 Å². The van der Waals surface area contributed by atoms with E-state index in [1.165, 1.54) is 23.0 Å². The Balaban J connectivity index is 1.29. The second-order valence-corrected chi connectivity index (χ2v) is 9.95. The summed E-state index contributed by atoms with van der Waals surface area (Å²) in [5, 5.41) is 17.0. The van der Waals surface area contributed by atoms with Gasteiger partial charge in [0.2, 0.25) is 0 Å². The van der Waals surface area contributed by atoms with Crippen LogP contribution in [-0.2, 0) is 16.6 Å².